The lowest BCUT2D eigenvalue weighted by atomic mass is 10.1. The highest BCUT2D eigenvalue weighted by atomic mass is 16.6. The molecule has 2 aromatic rings. The fraction of sp³-hybridized carbons (Fsp3) is 0.150. The van der Waals surface area contributed by atoms with Crippen LogP contribution in [0, 0.1) is 13.8 Å². The Balaban J connectivity index is 1.89. The number of hydrogen-bond acceptors (Lipinski definition) is 5. The van der Waals surface area contributed by atoms with E-state index in [1.54, 1.807) is 30.3 Å². The first-order valence-corrected chi connectivity index (χ1v) is 7.76. The summed E-state index contributed by atoms with van der Waals surface area (Å²) in [5, 5.41) is 0. The Morgan fingerprint density at radius 3 is 2.32 bits per heavy atom. The van der Waals surface area contributed by atoms with Crippen LogP contribution in [0.25, 0.3) is 6.08 Å². The van der Waals surface area contributed by atoms with Gasteiger partial charge in [-0.25, -0.2) is 14.6 Å². The van der Waals surface area contributed by atoms with Crippen LogP contribution in [0.5, 0.6) is 0 Å². The van der Waals surface area contributed by atoms with Crippen LogP contribution in [0.3, 0.4) is 0 Å². The molecule has 0 saturated carbocycles. The summed E-state index contributed by atoms with van der Waals surface area (Å²) in [6, 6.07) is 12.6. The van der Waals surface area contributed by atoms with Crippen molar-refractivity contribution in [2.75, 3.05) is 7.11 Å². The van der Waals surface area contributed by atoms with Gasteiger partial charge in [-0.1, -0.05) is 29.3 Å². The Hall–Kier alpha value is -3.21. The highest BCUT2D eigenvalue weighted by molar-refractivity contribution is 6.13. The molecule has 126 valence electrons. The molecule has 0 radical (unpaired) electrons. The van der Waals surface area contributed by atoms with Crippen molar-refractivity contribution in [3.63, 3.8) is 0 Å². The number of aryl methyl sites for hydroxylation is 2. The van der Waals surface area contributed by atoms with Gasteiger partial charge in [0.25, 0.3) is 0 Å². The molecule has 0 fully saturated rings. The van der Waals surface area contributed by atoms with Crippen LogP contribution in [-0.2, 0) is 14.3 Å². The molecule has 25 heavy (non-hydrogen) atoms. The zero-order chi connectivity index (χ0) is 18.0. The van der Waals surface area contributed by atoms with Gasteiger partial charge in [-0.15, -0.1) is 0 Å². The average molecular weight is 335 g/mol. The van der Waals surface area contributed by atoms with Crippen LogP contribution in [-0.4, -0.2) is 24.9 Å². The third-order valence-corrected chi connectivity index (χ3v) is 3.72. The monoisotopic (exact) mass is 335 g/mol. The molecule has 0 saturated heterocycles. The van der Waals surface area contributed by atoms with Crippen molar-refractivity contribution in [3.8, 4) is 0 Å². The number of hydrogen-bond donors (Lipinski definition) is 0. The largest absolute Gasteiger partial charge is 0.465 e. The maximum Gasteiger partial charge on any atom is 0.363 e. The van der Waals surface area contributed by atoms with E-state index in [1.165, 1.54) is 7.11 Å². The predicted molar refractivity (Wildman–Crippen MR) is 94.3 cm³/mol. The highest BCUT2D eigenvalue weighted by Crippen LogP contribution is 2.21. The first kappa shape index (κ1) is 16.6. The number of nitrogens with zero attached hydrogens (tertiary/aromatic N) is 1. The van der Waals surface area contributed by atoms with E-state index < -0.39 is 11.9 Å². The fourth-order valence-corrected chi connectivity index (χ4v) is 2.62. The maximum absolute atomic E-state index is 12.1. The van der Waals surface area contributed by atoms with E-state index in [4.69, 9.17) is 4.74 Å². The van der Waals surface area contributed by atoms with Crippen molar-refractivity contribution in [2.45, 2.75) is 13.8 Å². The molecule has 0 unspecified atom stereocenters. The van der Waals surface area contributed by atoms with Gasteiger partial charge in [0.05, 0.1) is 12.7 Å². The molecule has 0 aliphatic carbocycles. The zero-order valence-electron chi connectivity index (χ0n) is 14.2. The smallest absolute Gasteiger partial charge is 0.363 e. The number of aliphatic imine (C=N–C) groups is 1. The summed E-state index contributed by atoms with van der Waals surface area (Å²) in [5.74, 6) is -0.602. The summed E-state index contributed by atoms with van der Waals surface area (Å²) >= 11 is 0. The molecule has 5 nitrogen and oxygen atoms in total. The van der Waals surface area contributed by atoms with Crippen molar-refractivity contribution < 1.29 is 19.1 Å². The Bertz CT molecular complexity index is 888. The van der Waals surface area contributed by atoms with Crippen molar-refractivity contribution in [2.24, 2.45) is 4.99 Å². The minimum absolute atomic E-state index is 0.222. The van der Waals surface area contributed by atoms with Crippen LogP contribution in [0.15, 0.2) is 53.2 Å². The third kappa shape index (κ3) is 3.66. The fourth-order valence-electron chi connectivity index (χ4n) is 2.62. The predicted octanol–water partition coefficient (Wildman–Crippen LogP) is 3.43. The van der Waals surface area contributed by atoms with Crippen molar-refractivity contribution in [1.82, 2.24) is 0 Å². The summed E-state index contributed by atoms with van der Waals surface area (Å²) in [6.07, 6.45) is 1.62. The normalized spacial score (nSPS) is 15.1. The SMILES string of the molecule is COC(=O)c1ccc(C=C2N=C(c3cc(C)cc(C)c3)OC2=O)cc1. The van der Waals surface area contributed by atoms with Crippen LogP contribution >= 0.6 is 0 Å². The van der Waals surface area contributed by atoms with Gasteiger partial charge in [-0.3, -0.25) is 0 Å². The quantitative estimate of drug-likeness (QED) is 0.637. The summed E-state index contributed by atoms with van der Waals surface area (Å²) in [5.41, 5.74) is 4.33. The molecule has 1 aliphatic rings. The van der Waals surface area contributed by atoms with Gasteiger partial charge >= 0.3 is 11.9 Å². The van der Waals surface area contributed by atoms with Crippen molar-refractivity contribution in [1.29, 1.82) is 0 Å². The molecular weight excluding hydrogens is 318 g/mol. The average Bonchev–Trinajstić information content (AvgIpc) is 2.95. The molecule has 2 aromatic carbocycles. The van der Waals surface area contributed by atoms with E-state index in [0.29, 0.717) is 11.5 Å². The minimum Gasteiger partial charge on any atom is -0.465 e. The second-order valence-corrected chi connectivity index (χ2v) is 5.83. The minimum atomic E-state index is -0.494. The molecule has 0 spiro atoms. The van der Waals surface area contributed by atoms with Crippen LogP contribution in [0.4, 0.5) is 0 Å². The van der Waals surface area contributed by atoms with Gasteiger partial charge in [0, 0.05) is 5.56 Å². The molecule has 0 bridgehead atoms. The van der Waals surface area contributed by atoms with E-state index in [0.717, 1.165) is 22.3 Å². The standard InChI is InChI=1S/C20H17NO4/c1-12-8-13(2)10-16(9-12)18-21-17(20(23)25-18)11-14-4-6-15(7-5-14)19(22)24-3/h4-11H,1-3H3. The number of rotatable bonds is 3. The topological polar surface area (TPSA) is 65.0 Å². The number of carbonyl (C=O) groups is 2. The van der Waals surface area contributed by atoms with Gasteiger partial charge in [0.1, 0.15) is 0 Å². The summed E-state index contributed by atoms with van der Waals surface area (Å²) in [6.45, 7) is 3.96. The third-order valence-electron chi connectivity index (χ3n) is 3.72. The van der Waals surface area contributed by atoms with Gasteiger partial charge in [0.15, 0.2) is 5.70 Å². The molecule has 5 heteroatoms. The zero-order valence-corrected chi connectivity index (χ0v) is 14.2. The summed E-state index contributed by atoms with van der Waals surface area (Å²) in [7, 11) is 1.33. The number of ether oxygens (including phenoxy) is 2. The lowest BCUT2D eigenvalue weighted by Crippen LogP contribution is -2.06. The second-order valence-electron chi connectivity index (χ2n) is 5.83. The van der Waals surface area contributed by atoms with E-state index in [-0.39, 0.29) is 5.70 Å². The Labute approximate surface area is 145 Å². The number of carbonyl (C=O) groups excluding carboxylic acids is 2. The molecular formula is C20H17NO4. The van der Waals surface area contributed by atoms with Crippen LogP contribution in [0.1, 0.15) is 32.6 Å². The Kier molecular flexibility index (Phi) is 4.48. The van der Waals surface area contributed by atoms with Crippen LogP contribution < -0.4 is 0 Å². The van der Waals surface area contributed by atoms with E-state index in [1.807, 2.05) is 32.0 Å². The van der Waals surface area contributed by atoms with Crippen LogP contribution in [0.2, 0.25) is 0 Å². The van der Waals surface area contributed by atoms with E-state index in [2.05, 4.69) is 9.73 Å². The summed E-state index contributed by atoms with van der Waals surface area (Å²) in [4.78, 5) is 27.8. The van der Waals surface area contributed by atoms with Gasteiger partial charge in [-0.2, -0.15) is 0 Å². The van der Waals surface area contributed by atoms with E-state index >= 15 is 0 Å². The van der Waals surface area contributed by atoms with E-state index in [9.17, 15) is 9.59 Å². The molecule has 0 atom stereocenters. The molecule has 1 aliphatic heterocycles. The summed E-state index contributed by atoms with van der Waals surface area (Å²) < 4.78 is 9.95. The Morgan fingerprint density at radius 1 is 1.08 bits per heavy atom. The lowest BCUT2D eigenvalue weighted by Gasteiger charge is -2.03. The van der Waals surface area contributed by atoms with Crippen molar-refractivity contribution >= 4 is 23.9 Å². The molecule has 0 amide bonds. The van der Waals surface area contributed by atoms with Gasteiger partial charge in [-0.05, 0) is 49.8 Å². The number of cyclic esters (lactones) is 1. The molecule has 0 N–H and O–H groups in total. The Morgan fingerprint density at radius 2 is 1.72 bits per heavy atom. The first-order chi connectivity index (χ1) is 12.0. The molecule has 1 heterocycles. The van der Waals surface area contributed by atoms with Gasteiger partial charge < -0.3 is 9.47 Å². The highest BCUT2D eigenvalue weighted by Gasteiger charge is 2.24. The lowest BCUT2D eigenvalue weighted by molar-refractivity contribution is -0.129. The number of benzene rings is 2. The molecule has 0 aromatic heterocycles. The van der Waals surface area contributed by atoms with Crippen molar-refractivity contribution in [3.05, 3.63) is 76.0 Å². The molecule has 3 rings (SSSR count). The maximum atomic E-state index is 12.1. The number of esters is 2. The number of methoxy groups -OCH3 is 1. The first-order valence-electron chi connectivity index (χ1n) is 7.76. The second kappa shape index (κ2) is 6.73. The van der Waals surface area contributed by atoms with Gasteiger partial charge in [0.2, 0.25) is 5.90 Å².